The highest BCUT2D eigenvalue weighted by Gasteiger charge is 2.31. The summed E-state index contributed by atoms with van der Waals surface area (Å²) in [5, 5.41) is 3.47. The zero-order valence-corrected chi connectivity index (χ0v) is 12.0. The number of hydrogen-bond acceptors (Lipinski definition) is 3. The first-order valence-corrected chi connectivity index (χ1v) is 7.07. The molecular weight excluding hydrogens is 224 g/mol. The number of hydrogen-bond donors (Lipinski definition) is 1. The summed E-state index contributed by atoms with van der Waals surface area (Å²) in [4.78, 5) is 2.45. The lowest BCUT2D eigenvalue weighted by molar-refractivity contribution is 0.119. The molecule has 0 spiro atoms. The van der Waals surface area contributed by atoms with Crippen molar-refractivity contribution in [1.29, 1.82) is 0 Å². The molecule has 0 aliphatic carbocycles. The van der Waals surface area contributed by atoms with Crippen molar-refractivity contribution in [1.82, 2.24) is 10.2 Å². The second-order valence-electron chi connectivity index (χ2n) is 5.78. The first kappa shape index (κ1) is 13.6. The SMILES string of the molecule is CCC1(CN(C)Cc2ccoc2C)CCNCC1. The fourth-order valence-electron chi connectivity index (χ4n) is 3.08. The van der Waals surface area contributed by atoms with Gasteiger partial charge in [-0.1, -0.05) is 6.92 Å². The largest absolute Gasteiger partial charge is 0.469 e. The zero-order chi connectivity index (χ0) is 13.0. The van der Waals surface area contributed by atoms with Crippen LogP contribution in [-0.2, 0) is 6.54 Å². The van der Waals surface area contributed by atoms with Gasteiger partial charge in [0, 0.05) is 18.7 Å². The highest BCUT2D eigenvalue weighted by atomic mass is 16.3. The van der Waals surface area contributed by atoms with Crippen LogP contribution in [-0.4, -0.2) is 31.6 Å². The number of furan rings is 1. The van der Waals surface area contributed by atoms with Crippen molar-refractivity contribution in [3.05, 3.63) is 23.7 Å². The third-order valence-corrected chi connectivity index (χ3v) is 4.43. The van der Waals surface area contributed by atoms with E-state index in [4.69, 9.17) is 4.42 Å². The highest BCUT2D eigenvalue weighted by Crippen LogP contribution is 2.33. The standard InChI is InChI=1S/C15H26N2O/c1-4-15(6-8-16-9-7-15)12-17(3)11-14-5-10-18-13(14)2/h5,10,16H,4,6-9,11-12H2,1-3H3. The molecule has 0 amide bonds. The average molecular weight is 250 g/mol. The van der Waals surface area contributed by atoms with Crippen LogP contribution < -0.4 is 5.32 Å². The van der Waals surface area contributed by atoms with E-state index in [9.17, 15) is 0 Å². The lowest BCUT2D eigenvalue weighted by atomic mass is 9.76. The molecule has 0 saturated carbocycles. The van der Waals surface area contributed by atoms with Gasteiger partial charge < -0.3 is 14.6 Å². The molecule has 1 aromatic heterocycles. The third-order valence-electron chi connectivity index (χ3n) is 4.43. The van der Waals surface area contributed by atoms with E-state index in [1.807, 2.05) is 6.92 Å². The van der Waals surface area contributed by atoms with E-state index in [2.05, 4.69) is 30.3 Å². The van der Waals surface area contributed by atoms with Crippen LogP contribution >= 0.6 is 0 Å². The van der Waals surface area contributed by atoms with E-state index in [0.717, 1.165) is 12.3 Å². The summed E-state index contributed by atoms with van der Waals surface area (Å²) in [6, 6.07) is 2.09. The lowest BCUT2D eigenvalue weighted by Crippen LogP contribution is -2.43. The maximum Gasteiger partial charge on any atom is 0.105 e. The predicted octanol–water partition coefficient (Wildman–Crippen LogP) is 2.80. The molecule has 2 rings (SSSR count). The number of nitrogens with one attached hydrogen (secondary N) is 1. The molecule has 1 aromatic rings. The van der Waals surface area contributed by atoms with Crippen LogP contribution in [0, 0.1) is 12.3 Å². The fourth-order valence-corrected chi connectivity index (χ4v) is 3.08. The minimum absolute atomic E-state index is 0.512. The topological polar surface area (TPSA) is 28.4 Å². The van der Waals surface area contributed by atoms with Crippen molar-refractivity contribution in [2.45, 2.75) is 39.7 Å². The van der Waals surface area contributed by atoms with E-state index in [1.165, 1.54) is 44.5 Å². The molecule has 102 valence electrons. The van der Waals surface area contributed by atoms with Gasteiger partial charge >= 0.3 is 0 Å². The summed E-state index contributed by atoms with van der Waals surface area (Å²) < 4.78 is 5.37. The Hall–Kier alpha value is -0.800. The monoisotopic (exact) mass is 250 g/mol. The smallest absolute Gasteiger partial charge is 0.105 e. The van der Waals surface area contributed by atoms with Crippen molar-refractivity contribution < 1.29 is 4.42 Å². The molecule has 2 heterocycles. The Balaban J connectivity index is 1.93. The molecule has 1 aliphatic rings. The van der Waals surface area contributed by atoms with E-state index in [0.29, 0.717) is 5.41 Å². The molecule has 1 saturated heterocycles. The average Bonchev–Trinajstić information content (AvgIpc) is 2.76. The van der Waals surface area contributed by atoms with Gasteiger partial charge in [0.25, 0.3) is 0 Å². The van der Waals surface area contributed by atoms with Gasteiger partial charge in [-0.25, -0.2) is 0 Å². The maximum absolute atomic E-state index is 5.37. The van der Waals surface area contributed by atoms with E-state index >= 15 is 0 Å². The molecule has 18 heavy (non-hydrogen) atoms. The molecule has 1 aliphatic heterocycles. The van der Waals surface area contributed by atoms with Gasteiger partial charge in [0.15, 0.2) is 0 Å². The van der Waals surface area contributed by atoms with Gasteiger partial charge in [-0.3, -0.25) is 0 Å². The van der Waals surface area contributed by atoms with Crippen molar-refractivity contribution in [3.8, 4) is 0 Å². The molecule has 1 fully saturated rings. The Morgan fingerprint density at radius 2 is 2.11 bits per heavy atom. The molecule has 1 N–H and O–H groups in total. The molecule has 0 atom stereocenters. The molecule has 0 aromatic carbocycles. The lowest BCUT2D eigenvalue weighted by Gasteiger charge is -2.40. The predicted molar refractivity (Wildman–Crippen MR) is 74.6 cm³/mol. The first-order valence-electron chi connectivity index (χ1n) is 7.07. The van der Waals surface area contributed by atoms with Gasteiger partial charge in [-0.05, 0) is 57.8 Å². The molecule has 0 unspecified atom stereocenters. The van der Waals surface area contributed by atoms with E-state index in [1.54, 1.807) is 6.26 Å². The Bertz CT molecular complexity index is 366. The number of piperidine rings is 1. The highest BCUT2D eigenvalue weighted by molar-refractivity contribution is 5.15. The van der Waals surface area contributed by atoms with Crippen LogP contribution in [0.1, 0.15) is 37.5 Å². The number of rotatable bonds is 5. The third kappa shape index (κ3) is 3.15. The van der Waals surface area contributed by atoms with Gasteiger partial charge in [0.1, 0.15) is 5.76 Å². The summed E-state index contributed by atoms with van der Waals surface area (Å²) in [6.07, 6.45) is 5.68. The quantitative estimate of drug-likeness (QED) is 0.871. The van der Waals surface area contributed by atoms with Crippen LogP contribution in [0.4, 0.5) is 0 Å². The fraction of sp³-hybridized carbons (Fsp3) is 0.733. The van der Waals surface area contributed by atoms with E-state index < -0.39 is 0 Å². The molecule has 3 heteroatoms. The van der Waals surface area contributed by atoms with Crippen molar-refractivity contribution in [3.63, 3.8) is 0 Å². The minimum Gasteiger partial charge on any atom is -0.469 e. The number of aryl methyl sites for hydroxylation is 1. The molecule has 0 bridgehead atoms. The van der Waals surface area contributed by atoms with E-state index in [-0.39, 0.29) is 0 Å². The second-order valence-corrected chi connectivity index (χ2v) is 5.78. The maximum atomic E-state index is 5.37. The Labute approximate surface area is 111 Å². The van der Waals surface area contributed by atoms with Gasteiger partial charge in [-0.2, -0.15) is 0 Å². The van der Waals surface area contributed by atoms with Crippen molar-refractivity contribution in [2.75, 3.05) is 26.7 Å². The molecule has 3 nitrogen and oxygen atoms in total. The molecular formula is C15H26N2O. The van der Waals surface area contributed by atoms with Crippen LogP contribution in [0.15, 0.2) is 16.7 Å². The van der Waals surface area contributed by atoms with Gasteiger partial charge in [0.2, 0.25) is 0 Å². The zero-order valence-electron chi connectivity index (χ0n) is 12.0. The summed E-state index contributed by atoms with van der Waals surface area (Å²) >= 11 is 0. The van der Waals surface area contributed by atoms with Crippen LogP contribution in [0.5, 0.6) is 0 Å². The Morgan fingerprint density at radius 1 is 1.39 bits per heavy atom. The van der Waals surface area contributed by atoms with Crippen LogP contribution in [0.25, 0.3) is 0 Å². The second kappa shape index (κ2) is 5.89. The van der Waals surface area contributed by atoms with Crippen molar-refractivity contribution in [2.24, 2.45) is 5.41 Å². The van der Waals surface area contributed by atoms with Gasteiger partial charge in [0.05, 0.1) is 6.26 Å². The summed E-state index contributed by atoms with van der Waals surface area (Å²) in [6.45, 7) is 8.91. The minimum atomic E-state index is 0.512. The van der Waals surface area contributed by atoms with Crippen LogP contribution in [0.3, 0.4) is 0 Å². The molecule has 0 radical (unpaired) electrons. The van der Waals surface area contributed by atoms with Crippen LogP contribution in [0.2, 0.25) is 0 Å². The Morgan fingerprint density at radius 3 is 2.67 bits per heavy atom. The summed E-state index contributed by atoms with van der Waals surface area (Å²) in [5.74, 6) is 1.05. The van der Waals surface area contributed by atoms with Crippen molar-refractivity contribution >= 4 is 0 Å². The first-order chi connectivity index (χ1) is 8.65. The summed E-state index contributed by atoms with van der Waals surface area (Å²) in [7, 11) is 2.23. The van der Waals surface area contributed by atoms with Gasteiger partial charge in [-0.15, -0.1) is 0 Å². The normalized spacial score (nSPS) is 19.3. The summed E-state index contributed by atoms with van der Waals surface area (Å²) in [5.41, 5.74) is 1.83. The Kier molecular flexibility index (Phi) is 4.46. The number of nitrogens with zero attached hydrogens (tertiary/aromatic N) is 1.